The van der Waals surface area contributed by atoms with Gasteiger partial charge >= 0.3 is 0 Å². The molecule has 0 aliphatic heterocycles. The smallest absolute Gasteiger partial charge is 0.139 e. The Morgan fingerprint density at radius 3 is 2.88 bits per heavy atom. The molecule has 2 heterocycles. The third-order valence-corrected chi connectivity index (χ3v) is 2.57. The van der Waals surface area contributed by atoms with Crippen molar-refractivity contribution in [3.8, 4) is 5.82 Å². The quantitative estimate of drug-likeness (QED) is 0.851. The van der Waals surface area contributed by atoms with Crippen LogP contribution in [0.2, 0.25) is 0 Å². The van der Waals surface area contributed by atoms with Crippen molar-refractivity contribution < 1.29 is 0 Å². The van der Waals surface area contributed by atoms with Crippen LogP contribution in [0.3, 0.4) is 0 Å². The number of rotatable bonds is 3. The Kier molecular flexibility index (Phi) is 3.06. The highest BCUT2D eigenvalue weighted by Crippen LogP contribution is 2.15. The molecule has 0 amide bonds. The molecule has 0 saturated heterocycles. The first-order valence-corrected chi connectivity index (χ1v) is 5.52. The van der Waals surface area contributed by atoms with E-state index in [1.54, 1.807) is 0 Å². The zero-order chi connectivity index (χ0) is 11.5. The van der Waals surface area contributed by atoms with Crippen molar-refractivity contribution in [1.29, 1.82) is 0 Å². The van der Waals surface area contributed by atoms with Crippen molar-refractivity contribution >= 4 is 0 Å². The second-order valence-corrected chi connectivity index (χ2v) is 4.19. The summed E-state index contributed by atoms with van der Waals surface area (Å²) in [5, 5.41) is 0. The van der Waals surface area contributed by atoms with Gasteiger partial charge in [-0.15, -0.1) is 0 Å². The van der Waals surface area contributed by atoms with E-state index in [0.717, 1.165) is 12.2 Å². The maximum atomic E-state index is 5.83. The summed E-state index contributed by atoms with van der Waals surface area (Å²) in [5.74, 6) is 0.989. The SMILES string of the molecule is Cc1cccnc1-n1cccc1CC(C)N. The molecular formula is C13H17N3. The summed E-state index contributed by atoms with van der Waals surface area (Å²) in [5.41, 5.74) is 8.21. The van der Waals surface area contributed by atoms with Crippen LogP contribution in [0.4, 0.5) is 0 Å². The molecule has 0 fully saturated rings. The minimum atomic E-state index is 0.165. The van der Waals surface area contributed by atoms with Crippen molar-refractivity contribution in [1.82, 2.24) is 9.55 Å². The lowest BCUT2D eigenvalue weighted by Gasteiger charge is -2.12. The van der Waals surface area contributed by atoms with E-state index in [1.165, 1.54) is 11.3 Å². The molecule has 3 nitrogen and oxygen atoms in total. The van der Waals surface area contributed by atoms with Gasteiger partial charge in [-0.3, -0.25) is 0 Å². The van der Waals surface area contributed by atoms with Crippen LogP contribution < -0.4 is 5.73 Å². The van der Waals surface area contributed by atoms with Gasteiger partial charge in [0.25, 0.3) is 0 Å². The fraction of sp³-hybridized carbons (Fsp3) is 0.308. The topological polar surface area (TPSA) is 43.8 Å². The molecule has 0 spiro atoms. The molecule has 16 heavy (non-hydrogen) atoms. The Labute approximate surface area is 95.9 Å². The molecule has 3 heteroatoms. The lowest BCUT2D eigenvalue weighted by Crippen LogP contribution is -2.19. The van der Waals surface area contributed by atoms with Gasteiger partial charge in [-0.1, -0.05) is 6.07 Å². The number of nitrogens with two attached hydrogens (primary N) is 1. The fourth-order valence-electron chi connectivity index (χ4n) is 1.85. The van der Waals surface area contributed by atoms with Crippen molar-refractivity contribution in [3.63, 3.8) is 0 Å². The first-order chi connectivity index (χ1) is 7.68. The Balaban J connectivity index is 2.41. The molecule has 2 aromatic rings. The Morgan fingerprint density at radius 2 is 2.19 bits per heavy atom. The van der Waals surface area contributed by atoms with Gasteiger partial charge in [-0.05, 0) is 37.6 Å². The molecule has 0 aliphatic rings. The third-order valence-electron chi connectivity index (χ3n) is 2.57. The van der Waals surface area contributed by atoms with Gasteiger partial charge in [0, 0.05) is 30.6 Å². The van der Waals surface area contributed by atoms with E-state index in [-0.39, 0.29) is 6.04 Å². The van der Waals surface area contributed by atoms with E-state index < -0.39 is 0 Å². The average Bonchev–Trinajstić information content (AvgIpc) is 2.66. The van der Waals surface area contributed by atoms with E-state index in [9.17, 15) is 0 Å². The molecule has 2 aromatic heterocycles. The Morgan fingerprint density at radius 1 is 1.38 bits per heavy atom. The van der Waals surface area contributed by atoms with E-state index in [1.807, 2.05) is 31.5 Å². The van der Waals surface area contributed by atoms with Gasteiger partial charge in [-0.25, -0.2) is 4.98 Å². The van der Waals surface area contributed by atoms with Crippen LogP contribution in [-0.2, 0) is 6.42 Å². The molecular weight excluding hydrogens is 198 g/mol. The second-order valence-electron chi connectivity index (χ2n) is 4.19. The van der Waals surface area contributed by atoms with Crippen LogP contribution in [0.15, 0.2) is 36.7 Å². The predicted molar refractivity (Wildman–Crippen MR) is 65.7 cm³/mol. The second kappa shape index (κ2) is 4.49. The number of aryl methyl sites for hydroxylation is 1. The van der Waals surface area contributed by atoms with Gasteiger partial charge in [0.1, 0.15) is 5.82 Å². The molecule has 0 saturated carbocycles. The highest BCUT2D eigenvalue weighted by atomic mass is 15.1. The largest absolute Gasteiger partial charge is 0.328 e. The minimum Gasteiger partial charge on any atom is -0.328 e. The number of hydrogen-bond acceptors (Lipinski definition) is 2. The Hall–Kier alpha value is -1.61. The molecule has 0 aromatic carbocycles. The highest BCUT2D eigenvalue weighted by Gasteiger charge is 2.07. The van der Waals surface area contributed by atoms with Gasteiger partial charge in [0.15, 0.2) is 0 Å². The van der Waals surface area contributed by atoms with E-state index in [2.05, 4.69) is 28.6 Å². The van der Waals surface area contributed by atoms with Gasteiger partial charge in [-0.2, -0.15) is 0 Å². The van der Waals surface area contributed by atoms with Crippen LogP contribution >= 0.6 is 0 Å². The predicted octanol–water partition coefficient (Wildman–Crippen LogP) is 2.07. The molecule has 84 valence electrons. The van der Waals surface area contributed by atoms with Crippen LogP contribution in [-0.4, -0.2) is 15.6 Å². The molecule has 0 radical (unpaired) electrons. The lowest BCUT2D eigenvalue weighted by molar-refractivity contribution is 0.705. The summed E-state index contributed by atoms with van der Waals surface area (Å²) in [6.45, 7) is 4.08. The van der Waals surface area contributed by atoms with Crippen molar-refractivity contribution in [3.05, 3.63) is 47.9 Å². The summed E-state index contributed by atoms with van der Waals surface area (Å²) in [7, 11) is 0. The van der Waals surface area contributed by atoms with Gasteiger partial charge in [0.05, 0.1) is 0 Å². The van der Waals surface area contributed by atoms with Crippen molar-refractivity contribution in [2.24, 2.45) is 5.73 Å². The summed E-state index contributed by atoms with van der Waals surface area (Å²) < 4.78 is 2.11. The molecule has 1 atom stereocenters. The van der Waals surface area contributed by atoms with Gasteiger partial charge < -0.3 is 10.3 Å². The Bertz CT molecular complexity index is 472. The molecule has 0 aliphatic carbocycles. The van der Waals surface area contributed by atoms with E-state index in [4.69, 9.17) is 5.73 Å². The number of nitrogens with zero attached hydrogens (tertiary/aromatic N) is 2. The van der Waals surface area contributed by atoms with Crippen LogP contribution in [0.5, 0.6) is 0 Å². The number of aromatic nitrogens is 2. The summed E-state index contributed by atoms with van der Waals surface area (Å²) >= 11 is 0. The van der Waals surface area contributed by atoms with Crippen LogP contribution in [0.1, 0.15) is 18.2 Å². The summed E-state index contributed by atoms with van der Waals surface area (Å²) in [4.78, 5) is 4.41. The van der Waals surface area contributed by atoms with Crippen molar-refractivity contribution in [2.75, 3.05) is 0 Å². The van der Waals surface area contributed by atoms with Crippen molar-refractivity contribution in [2.45, 2.75) is 26.3 Å². The zero-order valence-corrected chi connectivity index (χ0v) is 9.72. The fourth-order valence-corrected chi connectivity index (χ4v) is 1.85. The standard InChI is InChI=1S/C13H17N3/c1-10-5-3-7-15-13(10)16-8-4-6-12(16)9-11(2)14/h3-8,11H,9,14H2,1-2H3. The minimum absolute atomic E-state index is 0.165. The maximum Gasteiger partial charge on any atom is 0.139 e. The van der Waals surface area contributed by atoms with E-state index >= 15 is 0 Å². The normalized spacial score (nSPS) is 12.7. The number of pyridine rings is 1. The average molecular weight is 215 g/mol. The summed E-state index contributed by atoms with van der Waals surface area (Å²) in [6, 6.07) is 8.31. The third kappa shape index (κ3) is 2.14. The number of hydrogen-bond donors (Lipinski definition) is 1. The highest BCUT2D eigenvalue weighted by molar-refractivity contribution is 5.35. The van der Waals surface area contributed by atoms with E-state index in [0.29, 0.717) is 0 Å². The monoisotopic (exact) mass is 215 g/mol. The molecule has 0 bridgehead atoms. The van der Waals surface area contributed by atoms with Crippen LogP contribution in [0, 0.1) is 6.92 Å². The zero-order valence-electron chi connectivity index (χ0n) is 9.72. The molecule has 2 N–H and O–H groups in total. The summed E-state index contributed by atoms with van der Waals surface area (Å²) in [6.07, 6.45) is 4.72. The van der Waals surface area contributed by atoms with Gasteiger partial charge in [0.2, 0.25) is 0 Å². The first kappa shape index (κ1) is 10.9. The first-order valence-electron chi connectivity index (χ1n) is 5.52. The lowest BCUT2D eigenvalue weighted by atomic mass is 10.2. The maximum absolute atomic E-state index is 5.83. The molecule has 1 unspecified atom stereocenters. The van der Waals surface area contributed by atoms with Crippen LogP contribution in [0.25, 0.3) is 5.82 Å². The molecule has 2 rings (SSSR count).